The number of aromatic nitrogens is 2. The monoisotopic (exact) mass is 281 g/mol. The average Bonchev–Trinajstić information content (AvgIpc) is 2.87. The molecule has 2 heterocycles. The number of halogens is 1. The van der Waals surface area contributed by atoms with Crippen LogP contribution in [-0.2, 0) is 4.79 Å². The Morgan fingerprint density at radius 2 is 2.44 bits per heavy atom. The number of aromatic amines is 1. The van der Waals surface area contributed by atoms with Crippen LogP contribution in [0.3, 0.4) is 0 Å². The average molecular weight is 282 g/mol. The van der Waals surface area contributed by atoms with Crippen molar-refractivity contribution >= 4 is 33.9 Å². The quantitative estimate of drug-likeness (QED) is 0.849. The number of imidazole rings is 1. The highest BCUT2D eigenvalue weighted by Gasteiger charge is 1.99. The number of rotatable bonds is 3. The molecule has 2 N–H and O–H groups in total. The number of nitrogens with zero attached hydrogens (tertiary/aromatic N) is 1. The summed E-state index contributed by atoms with van der Waals surface area (Å²) >= 11 is 3.17. The Bertz CT molecular complexity index is 502. The van der Waals surface area contributed by atoms with Crippen LogP contribution in [0.1, 0.15) is 5.76 Å². The Hall–Kier alpha value is -1.82. The fourth-order valence-electron chi connectivity index (χ4n) is 1.07. The van der Waals surface area contributed by atoms with E-state index in [1.165, 1.54) is 6.08 Å². The molecule has 2 aromatic rings. The molecule has 0 aliphatic carbocycles. The molecule has 1 amide bonds. The summed E-state index contributed by atoms with van der Waals surface area (Å²) in [6, 6.07) is 3.50. The summed E-state index contributed by atoms with van der Waals surface area (Å²) in [5.74, 6) is 0.735. The van der Waals surface area contributed by atoms with Crippen molar-refractivity contribution in [3.8, 4) is 0 Å². The molecule has 82 valence electrons. The predicted octanol–water partition coefficient (Wildman–Crippen LogP) is 2.42. The molecule has 0 saturated carbocycles. The number of H-pyrrole nitrogens is 1. The van der Waals surface area contributed by atoms with E-state index in [1.54, 1.807) is 30.6 Å². The van der Waals surface area contributed by atoms with Gasteiger partial charge in [0.1, 0.15) is 5.76 Å². The van der Waals surface area contributed by atoms with Crippen molar-refractivity contribution in [3.63, 3.8) is 0 Å². The normalized spacial score (nSPS) is 10.8. The lowest BCUT2D eigenvalue weighted by atomic mass is 10.4. The number of amides is 1. The van der Waals surface area contributed by atoms with Gasteiger partial charge in [-0.05, 0) is 34.1 Å². The maximum absolute atomic E-state index is 11.4. The number of anilines is 1. The molecule has 2 aromatic heterocycles. The predicted molar refractivity (Wildman–Crippen MR) is 62.7 cm³/mol. The summed E-state index contributed by atoms with van der Waals surface area (Å²) in [6.45, 7) is 0. The highest BCUT2D eigenvalue weighted by atomic mass is 79.9. The standard InChI is InChI=1S/C10H8BrN3O2/c11-8-3-1-7(16-8)2-4-9(15)14-10-12-5-6-13-10/h1-6H,(H2,12,13,14,15). The summed E-state index contributed by atoms with van der Waals surface area (Å²) in [6.07, 6.45) is 6.13. The topological polar surface area (TPSA) is 70.9 Å². The first-order valence-corrected chi connectivity index (χ1v) is 5.27. The molecule has 0 atom stereocenters. The lowest BCUT2D eigenvalue weighted by Gasteiger charge is -1.94. The third-order valence-corrected chi connectivity index (χ3v) is 2.16. The van der Waals surface area contributed by atoms with Crippen molar-refractivity contribution in [2.75, 3.05) is 5.32 Å². The second-order valence-corrected chi connectivity index (χ2v) is 3.68. The van der Waals surface area contributed by atoms with E-state index in [2.05, 4.69) is 31.2 Å². The summed E-state index contributed by atoms with van der Waals surface area (Å²) in [5, 5.41) is 2.55. The van der Waals surface area contributed by atoms with Crippen molar-refractivity contribution in [3.05, 3.63) is 41.0 Å². The van der Waals surface area contributed by atoms with Crippen LogP contribution in [0.4, 0.5) is 5.95 Å². The number of hydrogen-bond donors (Lipinski definition) is 2. The van der Waals surface area contributed by atoms with Crippen LogP contribution in [0, 0.1) is 0 Å². The van der Waals surface area contributed by atoms with Crippen LogP contribution in [0.5, 0.6) is 0 Å². The minimum atomic E-state index is -0.275. The van der Waals surface area contributed by atoms with Gasteiger partial charge in [0, 0.05) is 18.5 Å². The zero-order valence-electron chi connectivity index (χ0n) is 8.11. The number of furan rings is 1. The smallest absolute Gasteiger partial charge is 0.250 e. The summed E-state index contributed by atoms with van der Waals surface area (Å²) < 4.78 is 5.82. The molecule has 2 rings (SSSR count). The third-order valence-electron chi connectivity index (χ3n) is 1.73. The van der Waals surface area contributed by atoms with Crippen molar-refractivity contribution in [1.29, 1.82) is 0 Å². The maximum Gasteiger partial charge on any atom is 0.250 e. The van der Waals surface area contributed by atoms with E-state index >= 15 is 0 Å². The molecule has 0 radical (unpaired) electrons. The number of hydrogen-bond acceptors (Lipinski definition) is 3. The molecule has 16 heavy (non-hydrogen) atoms. The third kappa shape index (κ3) is 2.83. The van der Waals surface area contributed by atoms with Gasteiger partial charge in [-0.3, -0.25) is 10.1 Å². The zero-order chi connectivity index (χ0) is 11.4. The highest BCUT2D eigenvalue weighted by molar-refractivity contribution is 9.10. The van der Waals surface area contributed by atoms with Crippen LogP contribution >= 0.6 is 15.9 Å². The molecule has 0 unspecified atom stereocenters. The summed E-state index contributed by atoms with van der Waals surface area (Å²) in [7, 11) is 0. The second-order valence-electron chi connectivity index (χ2n) is 2.90. The lowest BCUT2D eigenvalue weighted by Crippen LogP contribution is -2.08. The minimum absolute atomic E-state index is 0.275. The fourth-order valence-corrected chi connectivity index (χ4v) is 1.39. The zero-order valence-corrected chi connectivity index (χ0v) is 9.69. The van der Waals surface area contributed by atoms with Gasteiger partial charge in [0.15, 0.2) is 4.67 Å². The summed E-state index contributed by atoms with van der Waals surface area (Å²) in [4.78, 5) is 18.0. The maximum atomic E-state index is 11.4. The van der Waals surface area contributed by atoms with Gasteiger partial charge in [0.2, 0.25) is 5.95 Å². The van der Waals surface area contributed by atoms with Gasteiger partial charge in [0.25, 0.3) is 5.91 Å². The first kappa shape index (κ1) is 10.7. The molecule has 0 aromatic carbocycles. The van der Waals surface area contributed by atoms with E-state index in [-0.39, 0.29) is 5.91 Å². The minimum Gasteiger partial charge on any atom is -0.450 e. The SMILES string of the molecule is O=C(C=Cc1ccc(Br)o1)Nc1ncc[nH]1. The van der Waals surface area contributed by atoms with Gasteiger partial charge < -0.3 is 9.40 Å². The van der Waals surface area contributed by atoms with Crippen LogP contribution < -0.4 is 5.32 Å². The van der Waals surface area contributed by atoms with Gasteiger partial charge in [-0.2, -0.15) is 0 Å². The first-order valence-electron chi connectivity index (χ1n) is 4.48. The van der Waals surface area contributed by atoms with Crippen molar-refractivity contribution in [1.82, 2.24) is 9.97 Å². The molecule has 0 spiro atoms. The number of nitrogens with one attached hydrogen (secondary N) is 2. The fraction of sp³-hybridized carbons (Fsp3) is 0. The van der Waals surface area contributed by atoms with Gasteiger partial charge in [-0.1, -0.05) is 0 Å². The van der Waals surface area contributed by atoms with Crippen molar-refractivity contribution in [2.24, 2.45) is 0 Å². The van der Waals surface area contributed by atoms with Crippen molar-refractivity contribution in [2.45, 2.75) is 0 Å². The van der Waals surface area contributed by atoms with E-state index < -0.39 is 0 Å². The highest BCUT2D eigenvalue weighted by Crippen LogP contribution is 2.14. The molecule has 5 nitrogen and oxygen atoms in total. The molecule has 6 heteroatoms. The Morgan fingerprint density at radius 3 is 3.06 bits per heavy atom. The Labute approximate surface area is 99.7 Å². The van der Waals surface area contributed by atoms with Crippen LogP contribution in [0.15, 0.2) is 39.7 Å². The Morgan fingerprint density at radius 1 is 1.56 bits per heavy atom. The van der Waals surface area contributed by atoms with E-state index in [4.69, 9.17) is 4.42 Å². The van der Waals surface area contributed by atoms with Gasteiger partial charge in [0.05, 0.1) is 0 Å². The second kappa shape index (κ2) is 4.80. The van der Waals surface area contributed by atoms with E-state index in [0.717, 1.165) is 0 Å². The van der Waals surface area contributed by atoms with Crippen LogP contribution in [0.25, 0.3) is 6.08 Å². The molecule has 0 bridgehead atoms. The molecule has 0 saturated heterocycles. The van der Waals surface area contributed by atoms with Crippen LogP contribution in [0.2, 0.25) is 0 Å². The number of carbonyl (C=O) groups excluding carboxylic acids is 1. The first-order chi connectivity index (χ1) is 7.74. The van der Waals surface area contributed by atoms with Gasteiger partial charge >= 0.3 is 0 Å². The number of carbonyl (C=O) groups is 1. The molecular weight excluding hydrogens is 274 g/mol. The van der Waals surface area contributed by atoms with Gasteiger partial charge in [-0.25, -0.2) is 4.98 Å². The molecule has 0 aliphatic heterocycles. The van der Waals surface area contributed by atoms with E-state index in [0.29, 0.717) is 16.4 Å². The molecule has 0 fully saturated rings. The van der Waals surface area contributed by atoms with Crippen molar-refractivity contribution < 1.29 is 9.21 Å². The Balaban J connectivity index is 1.94. The van der Waals surface area contributed by atoms with Crippen LogP contribution in [-0.4, -0.2) is 15.9 Å². The van der Waals surface area contributed by atoms with E-state index in [1.807, 2.05) is 0 Å². The molecular formula is C10H8BrN3O2. The Kier molecular flexibility index (Phi) is 3.21. The van der Waals surface area contributed by atoms with Gasteiger partial charge in [-0.15, -0.1) is 0 Å². The lowest BCUT2D eigenvalue weighted by molar-refractivity contribution is -0.111. The summed E-state index contributed by atoms with van der Waals surface area (Å²) in [5.41, 5.74) is 0. The van der Waals surface area contributed by atoms with E-state index in [9.17, 15) is 4.79 Å². The largest absolute Gasteiger partial charge is 0.450 e. The molecule has 0 aliphatic rings.